The molecule has 1 aromatic carbocycles. The van der Waals surface area contributed by atoms with Gasteiger partial charge < -0.3 is 15.0 Å². The van der Waals surface area contributed by atoms with E-state index in [9.17, 15) is 0 Å². The zero-order valence-corrected chi connectivity index (χ0v) is 13.0. The van der Waals surface area contributed by atoms with Crippen LogP contribution in [0.5, 0.6) is 0 Å². The molecule has 0 aliphatic carbocycles. The summed E-state index contributed by atoms with van der Waals surface area (Å²) in [5.41, 5.74) is 0.917. The highest BCUT2D eigenvalue weighted by Crippen LogP contribution is 2.13. The Morgan fingerprint density at radius 1 is 1.19 bits per heavy atom. The number of benzene rings is 1. The zero-order valence-electron chi connectivity index (χ0n) is 13.0. The molecular formula is C16H24N4O. The number of para-hydroxylation sites is 1. The molecule has 1 aromatic rings. The van der Waals surface area contributed by atoms with Gasteiger partial charge in [-0.05, 0) is 32.9 Å². The fraction of sp³-hybridized carbons (Fsp3) is 0.500. The van der Waals surface area contributed by atoms with E-state index in [1.807, 2.05) is 37.3 Å². The van der Waals surface area contributed by atoms with Crippen molar-refractivity contribution in [1.82, 2.24) is 10.2 Å². The van der Waals surface area contributed by atoms with Crippen molar-refractivity contribution in [1.29, 1.82) is 0 Å². The molecule has 5 nitrogen and oxygen atoms in total. The molecule has 0 atom stereocenters. The number of guanidine groups is 1. The lowest BCUT2D eigenvalue weighted by Gasteiger charge is -2.28. The van der Waals surface area contributed by atoms with Crippen molar-refractivity contribution < 1.29 is 4.74 Å². The molecule has 0 amide bonds. The van der Waals surface area contributed by atoms with Crippen LogP contribution in [0.15, 0.2) is 40.3 Å². The van der Waals surface area contributed by atoms with Crippen molar-refractivity contribution >= 4 is 17.5 Å². The molecular weight excluding hydrogens is 264 g/mol. The monoisotopic (exact) mass is 288 g/mol. The Balaban J connectivity index is 2.23. The Kier molecular flexibility index (Phi) is 5.75. The van der Waals surface area contributed by atoms with Crippen LogP contribution in [-0.4, -0.2) is 49.0 Å². The molecule has 0 radical (unpaired) electrons. The lowest BCUT2D eigenvalue weighted by Crippen LogP contribution is -2.41. The molecule has 0 unspecified atom stereocenters. The van der Waals surface area contributed by atoms with Gasteiger partial charge in [0.05, 0.1) is 18.9 Å². The molecule has 5 heteroatoms. The van der Waals surface area contributed by atoms with Gasteiger partial charge in [-0.3, -0.25) is 0 Å². The van der Waals surface area contributed by atoms with Crippen LogP contribution in [0, 0.1) is 0 Å². The minimum atomic E-state index is 0.358. The quantitative estimate of drug-likeness (QED) is 0.671. The molecule has 0 bridgehead atoms. The van der Waals surface area contributed by atoms with Crippen LogP contribution >= 0.6 is 0 Å². The molecule has 1 aliphatic rings. The number of ether oxygens (including phenoxy) is 1. The van der Waals surface area contributed by atoms with Gasteiger partial charge in [-0.15, -0.1) is 0 Å². The molecule has 0 aromatic heterocycles. The number of nitrogens with one attached hydrogen (secondary N) is 1. The smallest absolute Gasteiger partial charge is 0.227 e. The molecule has 1 aliphatic heterocycles. The maximum absolute atomic E-state index is 5.41. The highest BCUT2D eigenvalue weighted by molar-refractivity contribution is 5.96. The second-order valence-corrected chi connectivity index (χ2v) is 5.34. The van der Waals surface area contributed by atoms with E-state index in [1.165, 1.54) is 0 Å². The lowest BCUT2D eigenvalue weighted by molar-refractivity contribution is 0.0676. The maximum Gasteiger partial charge on any atom is 0.227 e. The first-order valence-corrected chi connectivity index (χ1v) is 7.43. The van der Waals surface area contributed by atoms with Gasteiger partial charge in [-0.2, -0.15) is 0 Å². The van der Waals surface area contributed by atoms with Gasteiger partial charge in [0.1, 0.15) is 5.84 Å². The fourth-order valence-electron chi connectivity index (χ4n) is 2.15. The maximum atomic E-state index is 5.41. The van der Waals surface area contributed by atoms with Crippen molar-refractivity contribution in [2.75, 3.05) is 26.3 Å². The first kappa shape index (κ1) is 15.5. The zero-order chi connectivity index (χ0) is 15.1. The second-order valence-electron chi connectivity index (χ2n) is 5.34. The molecule has 1 heterocycles. The summed E-state index contributed by atoms with van der Waals surface area (Å²) in [4.78, 5) is 11.5. The van der Waals surface area contributed by atoms with Crippen molar-refractivity contribution in [3.63, 3.8) is 0 Å². The molecule has 0 spiro atoms. The van der Waals surface area contributed by atoms with Gasteiger partial charge in [-0.25, -0.2) is 9.98 Å². The number of morpholine rings is 1. The summed E-state index contributed by atoms with van der Waals surface area (Å²) in [7, 11) is 0. The van der Waals surface area contributed by atoms with E-state index in [1.54, 1.807) is 0 Å². The van der Waals surface area contributed by atoms with Gasteiger partial charge >= 0.3 is 0 Å². The minimum absolute atomic E-state index is 0.358. The third-order valence-electron chi connectivity index (χ3n) is 3.04. The Bertz CT molecular complexity index is 490. The fourth-order valence-corrected chi connectivity index (χ4v) is 2.15. The van der Waals surface area contributed by atoms with Crippen molar-refractivity contribution in [2.24, 2.45) is 9.98 Å². The van der Waals surface area contributed by atoms with E-state index in [-0.39, 0.29) is 0 Å². The molecule has 1 saturated heterocycles. The van der Waals surface area contributed by atoms with Gasteiger partial charge in [0.15, 0.2) is 0 Å². The summed E-state index contributed by atoms with van der Waals surface area (Å²) in [5.74, 6) is 1.63. The average molecular weight is 288 g/mol. The van der Waals surface area contributed by atoms with E-state index in [2.05, 4.69) is 34.0 Å². The molecule has 1 N–H and O–H groups in total. The highest BCUT2D eigenvalue weighted by atomic mass is 16.5. The third-order valence-corrected chi connectivity index (χ3v) is 3.04. The average Bonchev–Trinajstić information content (AvgIpc) is 2.48. The van der Waals surface area contributed by atoms with Crippen molar-refractivity contribution in [3.8, 4) is 0 Å². The molecule has 114 valence electrons. The minimum Gasteiger partial charge on any atom is -0.378 e. The Morgan fingerprint density at radius 2 is 1.86 bits per heavy atom. The van der Waals surface area contributed by atoms with E-state index in [0.717, 1.165) is 43.8 Å². The van der Waals surface area contributed by atoms with Gasteiger partial charge in [-0.1, -0.05) is 18.2 Å². The van der Waals surface area contributed by atoms with Crippen LogP contribution in [0.25, 0.3) is 0 Å². The van der Waals surface area contributed by atoms with Crippen molar-refractivity contribution in [2.45, 2.75) is 26.8 Å². The predicted molar refractivity (Wildman–Crippen MR) is 87.3 cm³/mol. The van der Waals surface area contributed by atoms with Gasteiger partial charge in [0, 0.05) is 19.1 Å². The Labute approximate surface area is 126 Å². The molecule has 2 rings (SSSR count). The Morgan fingerprint density at radius 3 is 2.48 bits per heavy atom. The number of nitrogens with zero attached hydrogens (tertiary/aromatic N) is 3. The van der Waals surface area contributed by atoms with Crippen LogP contribution in [0.1, 0.15) is 20.8 Å². The summed E-state index contributed by atoms with van der Waals surface area (Å²) in [6.07, 6.45) is 0. The number of hydrogen-bond acceptors (Lipinski definition) is 2. The largest absolute Gasteiger partial charge is 0.378 e. The van der Waals surface area contributed by atoms with Crippen LogP contribution in [0.3, 0.4) is 0 Å². The van der Waals surface area contributed by atoms with Crippen molar-refractivity contribution in [3.05, 3.63) is 30.3 Å². The van der Waals surface area contributed by atoms with E-state index in [0.29, 0.717) is 6.04 Å². The standard InChI is InChI=1S/C16H24N4O/c1-13(2)17-14(3)18-16(20-9-11-21-12-10-20)19-15-7-5-4-6-8-15/h4-8,13H,9-12H2,1-3H3,(H,17,18,19). The molecule has 1 fully saturated rings. The lowest BCUT2D eigenvalue weighted by atomic mass is 10.3. The summed E-state index contributed by atoms with van der Waals surface area (Å²) in [6, 6.07) is 10.3. The van der Waals surface area contributed by atoms with Crippen LogP contribution in [-0.2, 0) is 4.74 Å². The second kappa shape index (κ2) is 7.78. The topological polar surface area (TPSA) is 49.2 Å². The van der Waals surface area contributed by atoms with Crippen LogP contribution < -0.4 is 5.32 Å². The number of amidine groups is 1. The number of aliphatic imine (C=N–C) groups is 2. The first-order valence-electron chi connectivity index (χ1n) is 7.43. The summed E-state index contributed by atoms with van der Waals surface area (Å²) in [6.45, 7) is 9.26. The van der Waals surface area contributed by atoms with Gasteiger partial charge in [0.25, 0.3) is 0 Å². The SMILES string of the molecule is C/C(=N/C(=N/c1ccccc1)N1CCOCC1)NC(C)C. The normalized spacial score (nSPS) is 17.2. The first-order chi connectivity index (χ1) is 10.1. The van der Waals surface area contributed by atoms with E-state index in [4.69, 9.17) is 4.74 Å². The van der Waals surface area contributed by atoms with Crippen LogP contribution in [0.2, 0.25) is 0 Å². The molecule has 21 heavy (non-hydrogen) atoms. The molecule has 0 saturated carbocycles. The van der Waals surface area contributed by atoms with Gasteiger partial charge in [0.2, 0.25) is 5.96 Å². The number of hydrogen-bond donors (Lipinski definition) is 1. The van der Waals surface area contributed by atoms with Crippen LogP contribution in [0.4, 0.5) is 5.69 Å². The predicted octanol–water partition coefficient (Wildman–Crippen LogP) is 2.42. The third kappa shape index (κ3) is 5.19. The summed E-state index contributed by atoms with van der Waals surface area (Å²) >= 11 is 0. The summed E-state index contributed by atoms with van der Waals surface area (Å²) < 4.78 is 5.41. The summed E-state index contributed by atoms with van der Waals surface area (Å²) in [5, 5.41) is 3.31. The number of rotatable bonds is 2. The highest BCUT2D eigenvalue weighted by Gasteiger charge is 2.15. The van der Waals surface area contributed by atoms with E-state index < -0.39 is 0 Å². The Hall–Kier alpha value is -1.88. The van der Waals surface area contributed by atoms with E-state index >= 15 is 0 Å².